The van der Waals surface area contributed by atoms with Crippen molar-refractivity contribution in [3.8, 4) is 0 Å². The molecule has 0 bridgehead atoms. The number of hydrogen-bond donors (Lipinski definition) is 0. The highest BCUT2D eigenvalue weighted by Crippen LogP contribution is 2.25. The Bertz CT molecular complexity index is 350. The van der Waals surface area contributed by atoms with E-state index in [1.54, 1.807) is 0 Å². The topological polar surface area (TPSA) is 3.24 Å². The molecular weight excluding hydrogens is 257 g/mol. The summed E-state index contributed by atoms with van der Waals surface area (Å²) in [5.74, 6) is -0.187. The zero-order chi connectivity index (χ0) is 11.6. The molecule has 0 aliphatic carbocycles. The van der Waals surface area contributed by atoms with Crippen LogP contribution < -0.4 is 0 Å². The van der Waals surface area contributed by atoms with E-state index in [-0.39, 0.29) is 5.82 Å². The summed E-state index contributed by atoms with van der Waals surface area (Å²) in [7, 11) is 2.04. The van der Waals surface area contributed by atoms with Crippen LogP contribution in [0.25, 0.3) is 0 Å². The average molecular weight is 274 g/mol. The van der Waals surface area contributed by atoms with Gasteiger partial charge >= 0.3 is 0 Å². The Morgan fingerprint density at radius 2 is 2.00 bits per heavy atom. The Balaban J connectivity index is 2.98. The molecule has 1 aromatic rings. The molecule has 0 heterocycles. The molecule has 0 saturated heterocycles. The molecule has 0 N–H and O–H groups in total. The van der Waals surface area contributed by atoms with Crippen molar-refractivity contribution < 1.29 is 4.39 Å². The highest BCUT2D eigenvalue weighted by molar-refractivity contribution is 9.10. The van der Waals surface area contributed by atoms with Crippen molar-refractivity contribution in [2.24, 2.45) is 0 Å². The van der Waals surface area contributed by atoms with Crippen LogP contribution in [-0.4, -0.2) is 18.0 Å². The van der Waals surface area contributed by atoms with E-state index >= 15 is 0 Å². The summed E-state index contributed by atoms with van der Waals surface area (Å²) in [5, 5.41) is 0. The van der Waals surface area contributed by atoms with Gasteiger partial charge in [-0.05, 0) is 60.9 Å². The third-order valence-corrected chi connectivity index (χ3v) is 3.58. The van der Waals surface area contributed by atoms with Crippen LogP contribution in [0.3, 0.4) is 0 Å². The van der Waals surface area contributed by atoms with Crippen LogP contribution in [0.5, 0.6) is 0 Å². The molecule has 3 heteroatoms. The average Bonchev–Trinajstić information content (AvgIpc) is 2.18. The Morgan fingerprint density at radius 1 is 1.40 bits per heavy atom. The van der Waals surface area contributed by atoms with Crippen LogP contribution in [0, 0.1) is 12.7 Å². The van der Waals surface area contributed by atoms with Crippen LogP contribution in [0.4, 0.5) is 4.39 Å². The molecule has 0 unspecified atom stereocenters. The molecule has 0 aliphatic rings. The smallest absolute Gasteiger partial charge is 0.137 e. The lowest BCUT2D eigenvalue weighted by molar-refractivity contribution is 0.264. The minimum Gasteiger partial charge on any atom is -0.300 e. The Morgan fingerprint density at radius 3 is 2.53 bits per heavy atom. The van der Waals surface area contributed by atoms with Crippen molar-refractivity contribution in [1.82, 2.24) is 4.90 Å². The molecule has 1 aromatic carbocycles. The lowest BCUT2D eigenvalue weighted by atomic mass is 10.1. The Labute approximate surface area is 99.4 Å². The molecule has 84 valence electrons. The Kier molecular flexibility index (Phi) is 4.29. The van der Waals surface area contributed by atoms with E-state index in [1.807, 2.05) is 20.0 Å². The molecular formula is C12H17BrFN. The number of halogens is 2. The molecule has 0 spiro atoms. The van der Waals surface area contributed by atoms with E-state index in [9.17, 15) is 4.39 Å². The summed E-state index contributed by atoms with van der Waals surface area (Å²) >= 11 is 3.31. The van der Waals surface area contributed by atoms with Gasteiger partial charge in [0.15, 0.2) is 0 Å². The van der Waals surface area contributed by atoms with Gasteiger partial charge in [0.05, 0.1) is 4.47 Å². The SMILES string of the molecule is Cc1ccc(F)c(Br)c1CN(C)C(C)C. The zero-order valence-corrected chi connectivity index (χ0v) is 11.2. The molecule has 1 rings (SSSR count). The number of aryl methyl sites for hydroxylation is 1. The van der Waals surface area contributed by atoms with E-state index in [0.29, 0.717) is 10.5 Å². The van der Waals surface area contributed by atoms with Crippen molar-refractivity contribution >= 4 is 15.9 Å². The largest absolute Gasteiger partial charge is 0.300 e. The first-order valence-corrected chi connectivity index (χ1v) is 5.86. The van der Waals surface area contributed by atoms with E-state index < -0.39 is 0 Å². The van der Waals surface area contributed by atoms with Gasteiger partial charge in [-0.25, -0.2) is 4.39 Å². The summed E-state index contributed by atoms with van der Waals surface area (Å²) in [5.41, 5.74) is 2.15. The fraction of sp³-hybridized carbons (Fsp3) is 0.500. The molecule has 0 atom stereocenters. The van der Waals surface area contributed by atoms with Gasteiger partial charge in [0.2, 0.25) is 0 Å². The summed E-state index contributed by atoms with van der Waals surface area (Å²) in [4.78, 5) is 2.19. The molecule has 15 heavy (non-hydrogen) atoms. The highest BCUT2D eigenvalue weighted by Gasteiger charge is 2.12. The van der Waals surface area contributed by atoms with Crippen molar-refractivity contribution in [3.63, 3.8) is 0 Å². The first kappa shape index (κ1) is 12.7. The maximum Gasteiger partial charge on any atom is 0.137 e. The summed E-state index contributed by atoms with van der Waals surface area (Å²) in [6.45, 7) is 7.03. The van der Waals surface area contributed by atoms with Gasteiger partial charge in [0.1, 0.15) is 5.82 Å². The van der Waals surface area contributed by atoms with Gasteiger partial charge in [-0.1, -0.05) is 6.07 Å². The fourth-order valence-electron chi connectivity index (χ4n) is 1.32. The molecule has 1 nitrogen and oxygen atoms in total. The quantitative estimate of drug-likeness (QED) is 0.811. The fourth-order valence-corrected chi connectivity index (χ4v) is 1.89. The molecule has 0 aromatic heterocycles. The van der Waals surface area contributed by atoms with Crippen molar-refractivity contribution in [2.75, 3.05) is 7.05 Å². The minimum absolute atomic E-state index is 0.187. The summed E-state index contributed by atoms with van der Waals surface area (Å²) < 4.78 is 13.9. The second kappa shape index (κ2) is 5.08. The first-order chi connectivity index (χ1) is 6.93. The van der Waals surface area contributed by atoms with Crippen LogP contribution in [-0.2, 0) is 6.54 Å². The monoisotopic (exact) mass is 273 g/mol. The van der Waals surface area contributed by atoms with Gasteiger partial charge in [-0.2, -0.15) is 0 Å². The van der Waals surface area contributed by atoms with E-state index in [0.717, 1.165) is 17.7 Å². The van der Waals surface area contributed by atoms with Gasteiger partial charge in [-0.15, -0.1) is 0 Å². The minimum atomic E-state index is -0.187. The van der Waals surface area contributed by atoms with E-state index in [1.165, 1.54) is 6.07 Å². The van der Waals surface area contributed by atoms with Crippen molar-refractivity contribution in [1.29, 1.82) is 0 Å². The third kappa shape index (κ3) is 3.02. The normalized spacial score (nSPS) is 11.5. The number of rotatable bonds is 3. The van der Waals surface area contributed by atoms with Crippen LogP contribution in [0.1, 0.15) is 25.0 Å². The number of nitrogens with zero attached hydrogens (tertiary/aromatic N) is 1. The van der Waals surface area contributed by atoms with Crippen molar-refractivity contribution in [3.05, 3.63) is 33.5 Å². The molecule has 0 amide bonds. The maximum absolute atomic E-state index is 13.3. The lowest BCUT2D eigenvalue weighted by Gasteiger charge is -2.22. The second-order valence-corrected chi connectivity index (χ2v) is 4.96. The number of benzene rings is 1. The van der Waals surface area contributed by atoms with Gasteiger partial charge < -0.3 is 0 Å². The van der Waals surface area contributed by atoms with Crippen LogP contribution in [0.2, 0.25) is 0 Å². The van der Waals surface area contributed by atoms with Gasteiger partial charge in [0, 0.05) is 12.6 Å². The zero-order valence-electron chi connectivity index (χ0n) is 9.64. The third-order valence-electron chi connectivity index (χ3n) is 2.72. The molecule has 0 saturated carbocycles. The predicted molar refractivity (Wildman–Crippen MR) is 65.4 cm³/mol. The molecule has 0 radical (unpaired) electrons. The molecule has 0 aliphatic heterocycles. The standard InChI is InChI=1S/C12H17BrFN/c1-8(2)15(4)7-10-9(3)5-6-11(14)12(10)13/h5-6,8H,7H2,1-4H3. The Hall–Kier alpha value is -0.410. The lowest BCUT2D eigenvalue weighted by Crippen LogP contribution is -2.26. The summed E-state index contributed by atoms with van der Waals surface area (Å²) in [6, 6.07) is 3.78. The summed E-state index contributed by atoms with van der Waals surface area (Å²) in [6.07, 6.45) is 0. The van der Waals surface area contributed by atoms with Crippen LogP contribution >= 0.6 is 15.9 Å². The van der Waals surface area contributed by atoms with E-state index in [2.05, 4.69) is 34.7 Å². The van der Waals surface area contributed by atoms with Gasteiger partial charge in [-0.3, -0.25) is 4.90 Å². The van der Waals surface area contributed by atoms with Crippen molar-refractivity contribution in [2.45, 2.75) is 33.4 Å². The second-order valence-electron chi connectivity index (χ2n) is 4.17. The predicted octanol–water partition coefficient (Wildman–Crippen LogP) is 3.74. The van der Waals surface area contributed by atoms with E-state index in [4.69, 9.17) is 0 Å². The number of hydrogen-bond acceptors (Lipinski definition) is 1. The first-order valence-electron chi connectivity index (χ1n) is 5.07. The van der Waals surface area contributed by atoms with Crippen LogP contribution in [0.15, 0.2) is 16.6 Å². The molecule has 0 fully saturated rings. The maximum atomic E-state index is 13.3. The highest BCUT2D eigenvalue weighted by atomic mass is 79.9. The van der Waals surface area contributed by atoms with Gasteiger partial charge in [0.25, 0.3) is 0 Å².